The lowest BCUT2D eigenvalue weighted by molar-refractivity contribution is 0.0132. The normalized spacial score (nSPS) is 16.3. The number of benzene rings is 3. The summed E-state index contributed by atoms with van der Waals surface area (Å²) in [5.41, 5.74) is 1.23. The van der Waals surface area contributed by atoms with E-state index in [9.17, 15) is 9.59 Å². The van der Waals surface area contributed by atoms with Gasteiger partial charge in [0.1, 0.15) is 11.5 Å². The topological polar surface area (TPSA) is 102 Å². The van der Waals surface area contributed by atoms with Gasteiger partial charge in [-0.2, -0.15) is 0 Å². The fourth-order valence-corrected chi connectivity index (χ4v) is 4.24. The predicted octanol–water partition coefficient (Wildman–Crippen LogP) is 5.42. The van der Waals surface area contributed by atoms with Crippen LogP contribution in [0.2, 0.25) is 0 Å². The Morgan fingerprint density at radius 1 is 0.917 bits per heavy atom. The molecule has 0 spiro atoms. The first kappa shape index (κ1) is 25.2. The molecule has 1 amide bonds. The maximum atomic E-state index is 13.5. The second kappa shape index (κ2) is 10.8. The molecule has 0 saturated heterocycles. The molecule has 2 atom stereocenters. The number of ketones is 1. The minimum Gasteiger partial charge on any atom is -0.497 e. The molecule has 1 aliphatic rings. The minimum atomic E-state index is -1.26. The molecule has 1 N–H and O–H groups in total. The molecule has 0 fully saturated rings. The summed E-state index contributed by atoms with van der Waals surface area (Å²) in [5, 5.41) is 2.62. The van der Waals surface area contributed by atoms with Crippen molar-refractivity contribution in [2.75, 3.05) is 33.8 Å². The number of methoxy groups -OCH3 is 4. The van der Waals surface area contributed by atoms with Crippen LogP contribution < -0.4 is 29.0 Å². The van der Waals surface area contributed by atoms with Gasteiger partial charge in [0.15, 0.2) is 17.6 Å². The standard InChI is InChI=1S/C26H24BrNO8/c1-31-17-7-5-6-14(10-17)23-25(22(29)18-11-15(27)8-9-19(18)35-23)36-26(30)28-16-12-20(32-2)24(34-4)21(13-16)33-3/h5-13,23,25H,1-4H3,(H,28,30)/t23-,25-/m0/s1. The first-order chi connectivity index (χ1) is 17.4. The molecule has 3 aromatic carbocycles. The van der Waals surface area contributed by atoms with E-state index in [1.54, 1.807) is 54.6 Å². The Balaban J connectivity index is 1.65. The third-order valence-corrected chi connectivity index (χ3v) is 6.06. The molecule has 0 aliphatic carbocycles. The predicted molar refractivity (Wildman–Crippen MR) is 135 cm³/mol. The van der Waals surface area contributed by atoms with E-state index >= 15 is 0 Å². The number of anilines is 1. The van der Waals surface area contributed by atoms with Gasteiger partial charge in [-0.3, -0.25) is 10.1 Å². The van der Waals surface area contributed by atoms with Crippen molar-refractivity contribution in [1.29, 1.82) is 0 Å². The fourth-order valence-electron chi connectivity index (χ4n) is 3.88. The van der Waals surface area contributed by atoms with Crippen molar-refractivity contribution < 1.29 is 38.0 Å². The van der Waals surface area contributed by atoms with Crippen molar-refractivity contribution in [1.82, 2.24) is 0 Å². The van der Waals surface area contributed by atoms with Crippen LogP contribution in [0, 0.1) is 0 Å². The number of halogens is 1. The molecule has 0 radical (unpaired) electrons. The first-order valence-corrected chi connectivity index (χ1v) is 11.6. The van der Waals surface area contributed by atoms with E-state index in [0.717, 1.165) is 0 Å². The number of Topliss-reactive ketones (excluding diaryl/α,β-unsaturated/α-hetero) is 1. The van der Waals surface area contributed by atoms with E-state index < -0.39 is 24.1 Å². The number of ether oxygens (including phenoxy) is 6. The van der Waals surface area contributed by atoms with Gasteiger partial charge in [0, 0.05) is 22.2 Å². The average molecular weight is 558 g/mol. The number of rotatable bonds is 7. The summed E-state index contributed by atoms with van der Waals surface area (Å²) in [4.78, 5) is 26.5. The van der Waals surface area contributed by atoms with E-state index in [0.29, 0.717) is 50.0 Å². The molecule has 0 bridgehead atoms. The molecule has 0 aromatic heterocycles. The van der Waals surface area contributed by atoms with Gasteiger partial charge in [-0.05, 0) is 30.3 Å². The number of fused-ring (bicyclic) bond motifs is 1. The average Bonchev–Trinajstić information content (AvgIpc) is 2.89. The third-order valence-electron chi connectivity index (χ3n) is 5.56. The van der Waals surface area contributed by atoms with E-state index in [1.165, 1.54) is 28.4 Å². The van der Waals surface area contributed by atoms with Gasteiger partial charge in [0.05, 0.1) is 39.7 Å². The molecule has 188 valence electrons. The molecule has 4 rings (SSSR count). The monoisotopic (exact) mass is 557 g/mol. The van der Waals surface area contributed by atoms with Crippen molar-refractivity contribution in [3.8, 4) is 28.7 Å². The van der Waals surface area contributed by atoms with Gasteiger partial charge in [-0.1, -0.05) is 28.1 Å². The van der Waals surface area contributed by atoms with Crippen molar-refractivity contribution >= 4 is 33.5 Å². The minimum absolute atomic E-state index is 0.300. The lowest BCUT2D eigenvalue weighted by Gasteiger charge is -2.32. The number of amides is 1. The fraction of sp³-hybridized carbons (Fsp3) is 0.231. The molecule has 10 heteroatoms. The zero-order valence-corrected chi connectivity index (χ0v) is 21.6. The second-order valence-electron chi connectivity index (χ2n) is 7.68. The Morgan fingerprint density at radius 3 is 2.28 bits per heavy atom. The summed E-state index contributed by atoms with van der Waals surface area (Å²) >= 11 is 3.37. The lowest BCUT2D eigenvalue weighted by Crippen LogP contribution is -2.40. The van der Waals surface area contributed by atoms with Crippen molar-refractivity contribution in [3.05, 3.63) is 70.2 Å². The van der Waals surface area contributed by atoms with Crippen LogP contribution in [0.3, 0.4) is 0 Å². The Morgan fingerprint density at radius 2 is 1.64 bits per heavy atom. The molecule has 1 aliphatic heterocycles. The second-order valence-corrected chi connectivity index (χ2v) is 8.60. The maximum Gasteiger partial charge on any atom is 0.412 e. The Kier molecular flexibility index (Phi) is 7.54. The van der Waals surface area contributed by atoms with Gasteiger partial charge < -0.3 is 28.4 Å². The maximum absolute atomic E-state index is 13.5. The van der Waals surface area contributed by atoms with Gasteiger partial charge in [0.2, 0.25) is 17.6 Å². The number of carbonyl (C=O) groups is 2. The molecular formula is C26H24BrNO8. The summed E-state index contributed by atoms with van der Waals surface area (Å²) in [6.07, 6.45) is -3.02. The highest BCUT2D eigenvalue weighted by Gasteiger charge is 2.41. The van der Waals surface area contributed by atoms with Crippen LogP contribution in [0.25, 0.3) is 0 Å². The van der Waals surface area contributed by atoms with E-state index in [4.69, 9.17) is 28.4 Å². The van der Waals surface area contributed by atoms with Crippen LogP contribution in [-0.4, -0.2) is 46.4 Å². The lowest BCUT2D eigenvalue weighted by atomic mass is 9.93. The Labute approximate surface area is 216 Å². The third kappa shape index (κ3) is 5.03. The first-order valence-electron chi connectivity index (χ1n) is 10.8. The largest absolute Gasteiger partial charge is 0.497 e. The summed E-state index contributed by atoms with van der Waals surface area (Å²) in [5.74, 6) is 1.63. The van der Waals surface area contributed by atoms with Crippen LogP contribution in [-0.2, 0) is 4.74 Å². The van der Waals surface area contributed by atoms with Crippen molar-refractivity contribution in [2.45, 2.75) is 12.2 Å². The van der Waals surface area contributed by atoms with Gasteiger partial charge in [-0.15, -0.1) is 0 Å². The Hall–Kier alpha value is -3.92. The summed E-state index contributed by atoms with van der Waals surface area (Å²) in [6, 6.07) is 15.2. The molecule has 0 unspecified atom stereocenters. The molecule has 1 heterocycles. The zero-order valence-electron chi connectivity index (χ0n) is 20.0. The van der Waals surface area contributed by atoms with Crippen LogP contribution in [0.1, 0.15) is 22.0 Å². The van der Waals surface area contributed by atoms with E-state index in [2.05, 4.69) is 21.2 Å². The number of carbonyl (C=O) groups excluding carboxylic acids is 2. The number of hydrogen-bond donors (Lipinski definition) is 1. The van der Waals surface area contributed by atoms with Gasteiger partial charge >= 0.3 is 6.09 Å². The smallest absolute Gasteiger partial charge is 0.412 e. The molecule has 36 heavy (non-hydrogen) atoms. The highest BCUT2D eigenvalue weighted by Crippen LogP contribution is 2.41. The van der Waals surface area contributed by atoms with Crippen LogP contribution in [0.4, 0.5) is 10.5 Å². The molecule has 0 saturated carbocycles. The van der Waals surface area contributed by atoms with Crippen LogP contribution in [0.5, 0.6) is 28.7 Å². The van der Waals surface area contributed by atoms with E-state index in [-0.39, 0.29) is 0 Å². The van der Waals surface area contributed by atoms with Crippen molar-refractivity contribution in [3.63, 3.8) is 0 Å². The molecule has 3 aromatic rings. The number of hydrogen-bond acceptors (Lipinski definition) is 8. The highest BCUT2D eigenvalue weighted by atomic mass is 79.9. The quantitative estimate of drug-likeness (QED) is 0.411. The summed E-state index contributed by atoms with van der Waals surface area (Å²) in [7, 11) is 5.94. The van der Waals surface area contributed by atoms with E-state index in [1.807, 2.05) is 0 Å². The highest BCUT2D eigenvalue weighted by molar-refractivity contribution is 9.10. The Bertz CT molecular complexity index is 1270. The van der Waals surface area contributed by atoms with Crippen LogP contribution in [0.15, 0.2) is 59.1 Å². The number of nitrogens with one attached hydrogen (secondary N) is 1. The van der Waals surface area contributed by atoms with Crippen molar-refractivity contribution in [2.24, 2.45) is 0 Å². The summed E-state index contributed by atoms with van der Waals surface area (Å²) in [6.45, 7) is 0. The molecule has 9 nitrogen and oxygen atoms in total. The SMILES string of the molecule is COc1cccc([C@@H]2Oc3ccc(Br)cc3C(=O)[C@@H]2OC(=O)Nc2cc(OC)c(OC)c(OC)c2)c1. The summed E-state index contributed by atoms with van der Waals surface area (Å²) < 4.78 is 33.8. The van der Waals surface area contributed by atoms with Gasteiger partial charge in [-0.25, -0.2) is 4.79 Å². The zero-order chi connectivity index (χ0) is 25.8. The van der Waals surface area contributed by atoms with Gasteiger partial charge in [0.25, 0.3) is 0 Å². The molecular weight excluding hydrogens is 534 g/mol. The van der Waals surface area contributed by atoms with Crippen LogP contribution >= 0.6 is 15.9 Å².